The van der Waals surface area contributed by atoms with E-state index in [4.69, 9.17) is 0 Å². The number of nitrogens with zero attached hydrogens (tertiary/aromatic N) is 3. The first-order valence-corrected chi connectivity index (χ1v) is 11.1. The maximum Gasteiger partial charge on any atom is 0.237 e. The molecule has 6 nitrogen and oxygen atoms in total. The molecular formula is C23H34N4O2. The fraction of sp³-hybridized carbons (Fsp3) is 0.652. The highest BCUT2D eigenvalue weighted by Crippen LogP contribution is 2.28. The van der Waals surface area contributed by atoms with Gasteiger partial charge in [-0.25, -0.2) is 0 Å². The standard InChI is InChI=1S/C23H34N4O2/c1-17-3-5-19(6-4-17)15-27(21-9-10-21)22(28)16-25-11-13-26(14-12-25)18(2)23(29)24-20-7-8-20/h3-6,18,20-21H,7-16H2,1-2H3,(H,24,29). The predicted octanol–water partition coefficient (Wildman–Crippen LogP) is 1.77. The molecule has 3 aliphatic rings. The minimum atomic E-state index is -0.0852. The van der Waals surface area contributed by atoms with Crippen molar-refractivity contribution < 1.29 is 9.59 Å². The minimum Gasteiger partial charge on any atom is -0.352 e. The van der Waals surface area contributed by atoms with Crippen molar-refractivity contribution in [3.63, 3.8) is 0 Å². The van der Waals surface area contributed by atoms with E-state index in [2.05, 4.69) is 51.2 Å². The lowest BCUT2D eigenvalue weighted by Gasteiger charge is -2.37. The van der Waals surface area contributed by atoms with E-state index in [9.17, 15) is 9.59 Å². The molecule has 4 rings (SSSR count). The normalized spacial score (nSPS) is 21.6. The van der Waals surface area contributed by atoms with Crippen LogP contribution < -0.4 is 5.32 Å². The van der Waals surface area contributed by atoms with Crippen LogP contribution in [0, 0.1) is 6.92 Å². The number of hydrogen-bond donors (Lipinski definition) is 1. The van der Waals surface area contributed by atoms with Gasteiger partial charge in [0, 0.05) is 44.8 Å². The zero-order chi connectivity index (χ0) is 20.4. The molecule has 0 spiro atoms. The van der Waals surface area contributed by atoms with Gasteiger partial charge in [-0.15, -0.1) is 0 Å². The van der Waals surface area contributed by atoms with Crippen LogP contribution in [0.25, 0.3) is 0 Å². The van der Waals surface area contributed by atoms with Gasteiger partial charge < -0.3 is 10.2 Å². The molecular weight excluding hydrogens is 364 g/mol. The second kappa shape index (κ2) is 8.84. The molecule has 1 atom stereocenters. The number of benzene rings is 1. The Bertz CT molecular complexity index is 719. The van der Waals surface area contributed by atoms with Crippen LogP contribution in [0.5, 0.6) is 0 Å². The summed E-state index contributed by atoms with van der Waals surface area (Å²) in [6.45, 7) is 8.65. The van der Waals surface area contributed by atoms with E-state index in [1.165, 1.54) is 11.1 Å². The van der Waals surface area contributed by atoms with Crippen molar-refractivity contribution in [3.05, 3.63) is 35.4 Å². The fourth-order valence-electron chi connectivity index (χ4n) is 4.00. The average molecular weight is 399 g/mol. The van der Waals surface area contributed by atoms with Crippen LogP contribution in [0.3, 0.4) is 0 Å². The molecule has 1 saturated heterocycles. The first-order valence-electron chi connectivity index (χ1n) is 11.1. The van der Waals surface area contributed by atoms with Crippen LogP contribution in [0.15, 0.2) is 24.3 Å². The van der Waals surface area contributed by atoms with Gasteiger partial charge >= 0.3 is 0 Å². The quantitative estimate of drug-likeness (QED) is 0.725. The van der Waals surface area contributed by atoms with E-state index >= 15 is 0 Å². The van der Waals surface area contributed by atoms with Crippen molar-refractivity contribution in [1.82, 2.24) is 20.0 Å². The number of piperazine rings is 1. The second-order valence-corrected chi connectivity index (χ2v) is 9.01. The highest BCUT2D eigenvalue weighted by Gasteiger charge is 2.34. The lowest BCUT2D eigenvalue weighted by atomic mass is 10.1. The van der Waals surface area contributed by atoms with Crippen LogP contribution in [0.2, 0.25) is 0 Å². The van der Waals surface area contributed by atoms with Crippen molar-refractivity contribution >= 4 is 11.8 Å². The third-order valence-electron chi connectivity index (χ3n) is 6.40. The van der Waals surface area contributed by atoms with E-state index in [1.54, 1.807) is 0 Å². The topological polar surface area (TPSA) is 55.9 Å². The molecule has 6 heteroatoms. The van der Waals surface area contributed by atoms with Gasteiger partial charge in [-0.3, -0.25) is 19.4 Å². The molecule has 0 bridgehead atoms. The van der Waals surface area contributed by atoms with Crippen LogP contribution in [0.4, 0.5) is 0 Å². The summed E-state index contributed by atoms with van der Waals surface area (Å²) in [6, 6.07) is 9.23. The Morgan fingerprint density at radius 1 is 1.07 bits per heavy atom. The van der Waals surface area contributed by atoms with Crippen molar-refractivity contribution in [2.24, 2.45) is 0 Å². The van der Waals surface area contributed by atoms with E-state index in [0.29, 0.717) is 25.2 Å². The van der Waals surface area contributed by atoms with E-state index < -0.39 is 0 Å². The molecule has 1 aliphatic heterocycles. The van der Waals surface area contributed by atoms with Crippen molar-refractivity contribution in [2.75, 3.05) is 32.7 Å². The molecule has 2 aliphatic carbocycles. The maximum absolute atomic E-state index is 13.0. The summed E-state index contributed by atoms with van der Waals surface area (Å²) in [6.07, 6.45) is 4.49. The molecule has 29 heavy (non-hydrogen) atoms. The number of nitrogens with one attached hydrogen (secondary N) is 1. The molecule has 2 saturated carbocycles. The maximum atomic E-state index is 13.0. The van der Waals surface area contributed by atoms with Crippen molar-refractivity contribution in [1.29, 1.82) is 0 Å². The molecule has 1 N–H and O–H groups in total. The number of amides is 2. The van der Waals surface area contributed by atoms with Gasteiger partial charge in [0.25, 0.3) is 0 Å². The Hall–Kier alpha value is -1.92. The molecule has 0 radical (unpaired) electrons. The minimum absolute atomic E-state index is 0.0852. The van der Waals surface area contributed by atoms with Gasteiger partial charge in [-0.05, 0) is 45.1 Å². The molecule has 1 aromatic carbocycles. The number of carbonyl (C=O) groups excluding carboxylic acids is 2. The summed E-state index contributed by atoms with van der Waals surface area (Å²) in [5.74, 6) is 0.385. The summed E-state index contributed by atoms with van der Waals surface area (Å²) < 4.78 is 0. The average Bonchev–Trinajstić information content (AvgIpc) is 3.62. The van der Waals surface area contributed by atoms with E-state index in [0.717, 1.165) is 51.9 Å². The van der Waals surface area contributed by atoms with Gasteiger partial charge in [-0.2, -0.15) is 0 Å². The van der Waals surface area contributed by atoms with Gasteiger partial charge in [-0.1, -0.05) is 29.8 Å². The van der Waals surface area contributed by atoms with Gasteiger partial charge in [0.05, 0.1) is 12.6 Å². The Balaban J connectivity index is 1.25. The summed E-state index contributed by atoms with van der Waals surface area (Å²) in [5, 5.41) is 3.10. The van der Waals surface area contributed by atoms with Crippen molar-refractivity contribution in [3.8, 4) is 0 Å². The molecule has 1 aromatic rings. The van der Waals surface area contributed by atoms with Gasteiger partial charge in [0.15, 0.2) is 0 Å². The lowest BCUT2D eigenvalue weighted by Crippen LogP contribution is -2.55. The number of aryl methyl sites for hydroxylation is 1. The first-order chi connectivity index (χ1) is 14.0. The molecule has 1 heterocycles. The highest BCUT2D eigenvalue weighted by molar-refractivity contribution is 5.82. The van der Waals surface area contributed by atoms with Gasteiger partial charge in [0.2, 0.25) is 11.8 Å². The van der Waals surface area contributed by atoms with Crippen LogP contribution in [0.1, 0.15) is 43.7 Å². The largest absolute Gasteiger partial charge is 0.352 e. The van der Waals surface area contributed by atoms with E-state index in [1.807, 2.05) is 6.92 Å². The zero-order valence-electron chi connectivity index (χ0n) is 17.8. The Labute approximate surface area is 174 Å². The smallest absolute Gasteiger partial charge is 0.237 e. The van der Waals surface area contributed by atoms with Crippen molar-refractivity contribution in [2.45, 2.75) is 64.2 Å². The first kappa shape index (κ1) is 20.4. The molecule has 1 unspecified atom stereocenters. The number of rotatable bonds is 8. The summed E-state index contributed by atoms with van der Waals surface area (Å²) >= 11 is 0. The van der Waals surface area contributed by atoms with Crippen LogP contribution >= 0.6 is 0 Å². The summed E-state index contributed by atoms with van der Waals surface area (Å²) in [4.78, 5) is 31.9. The summed E-state index contributed by atoms with van der Waals surface area (Å²) in [7, 11) is 0. The molecule has 0 aromatic heterocycles. The highest BCUT2D eigenvalue weighted by atomic mass is 16.2. The number of carbonyl (C=O) groups is 2. The fourth-order valence-corrected chi connectivity index (χ4v) is 4.00. The Kier molecular flexibility index (Phi) is 6.20. The lowest BCUT2D eigenvalue weighted by molar-refractivity contribution is -0.135. The SMILES string of the molecule is Cc1ccc(CN(C(=O)CN2CCN(C(C)C(=O)NC3CC3)CC2)C2CC2)cc1. The second-order valence-electron chi connectivity index (χ2n) is 9.01. The Morgan fingerprint density at radius 2 is 1.72 bits per heavy atom. The monoisotopic (exact) mass is 398 g/mol. The zero-order valence-corrected chi connectivity index (χ0v) is 17.8. The molecule has 3 fully saturated rings. The molecule has 158 valence electrons. The van der Waals surface area contributed by atoms with Crippen LogP contribution in [-0.4, -0.2) is 77.4 Å². The molecule has 2 amide bonds. The van der Waals surface area contributed by atoms with Gasteiger partial charge in [0.1, 0.15) is 0 Å². The summed E-state index contributed by atoms with van der Waals surface area (Å²) in [5.41, 5.74) is 2.45. The Morgan fingerprint density at radius 3 is 2.31 bits per heavy atom. The van der Waals surface area contributed by atoms with E-state index in [-0.39, 0.29) is 17.9 Å². The van der Waals surface area contributed by atoms with Crippen LogP contribution in [-0.2, 0) is 16.1 Å². The number of hydrogen-bond acceptors (Lipinski definition) is 4. The third-order valence-corrected chi connectivity index (χ3v) is 6.40. The predicted molar refractivity (Wildman–Crippen MR) is 113 cm³/mol. The third kappa shape index (κ3) is 5.58.